The number of likely N-dealkylation sites (tertiary alicyclic amines) is 1. The molecule has 0 bridgehead atoms. The molecule has 0 spiro atoms. The van der Waals surface area contributed by atoms with Gasteiger partial charge in [0.05, 0.1) is 13.2 Å². The molecule has 2 rings (SSSR count). The maximum absolute atomic E-state index is 9.57. The van der Waals surface area contributed by atoms with Gasteiger partial charge in [-0.15, -0.1) is 0 Å². The lowest BCUT2D eigenvalue weighted by atomic mass is 9.85. The van der Waals surface area contributed by atoms with Crippen molar-refractivity contribution in [2.75, 3.05) is 26.0 Å². The van der Waals surface area contributed by atoms with E-state index in [9.17, 15) is 5.26 Å². The Morgan fingerprint density at radius 1 is 1.53 bits per heavy atom. The predicted octanol–water partition coefficient (Wildman–Crippen LogP) is 2.48. The molecule has 1 fully saturated rings. The van der Waals surface area contributed by atoms with Crippen LogP contribution in [0.2, 0.25) is 0 Å². The lowest BCUT2D eigenvalue weighted by Crippen LogP contribution is -2.51. The van der Waals surface area contributed by atoms with Gasteiger partial charge < -0.3 is 15.0 Å². The second-order valence-corrected chi connectivity index (χ2v) is 5.33. The van der Waals surface area contributed by atoms with Crippen LogP contribution in [-0.4, -0.2) is 37.2 Å². The smallest absolute Gasteiger partial charge is 0.128 e. The molecule has 102 valence electrons. The van der Waals surface area contributed by atoms with Gasteiger partial charge in [-0.25, -0.2) is 0 Å². The van der Waals surface area contributed by atoms with E-state index in [-0.39, 0.29) is 0 Å². The van der Waals surface area contributed by atoms with E-state index in [4.69, 9.17) is 4.74 Å². The number of piperidine rings is 1. The minimum absolute atomic E-state index is 0.409. The number of nitrogens with zero attached hydrogens (tertiary/aromatic N) is 2. The summed E-state index contributed by atoms with van der Waals surface area (Å²) in [5, 5.41) is 13.0. The van der Waals surface area contributed by atoms with Crippen LogP contribution in [0.5, 0.6) is 5.75 Å². The first-order valence-corrected chi connectivity index (χ1v) is 6.62. The number of hydrogen-bond acceptors (Lipinski definition) is 4. The number of rotatable bonds is 3. The van der Waals surface area contributed by atoms with E-state index in [1.165, 1.54) is 0 Å². The Balaban J connectivity index is 2.17. The van der Waals surface area contributed by atoms with Crippen LogP contribution in [0.3, 0.4) is 0 Å². The first-order chi connectivity index (χ1) is 9.08. The van der Waals surface area contributed by atoms with Crippen molar-refractivity contribution in [1.82, 2.24) is 4.90 Å². The standard InChI is InChI=1S/C15H21N3O/c1-12-10-15(11-16,7-8-18(12)2)17-13-5-4-6-14(9-13)19-3/h4-6,9,12,17H,7-8,10H2,1-3H3. The first-order valence-electron chi connectivity index (χ1n) is 6.62. The molecular formula is C15H21N3O. The number of anilines is 1. The Morgan fingerprint density at radius 3 is 2.95 bits per heavy atom. The predicted molar refractivity (Wildman–Crippen MR) is 76.3 cm³/mol. The summed E-state index contributed by atoms with van der Waals surface area (Å²) in [5.41, 5.74) is 0.468. The fraction of sp³-hybridized carbons (Fsp3) is 0.533. The highest BCUT2D eigenvalue weighted by Gasteiger charge is 2.37. The van der Waals surface area contributed by atoms with Crippen LogP contribution in [0, 0.1) is 11.3 Å². The van der Waals surface area contributed by atoms with Gasteiger partial charge in [0.25, 0.3) is 0 Å². The fourth-order valence-electron chi connectivity index (χ4n) is 2.57. The van der Waals surface area contributed by atoms with Crippen LogP contribution in [0.1, 0.15) is 19.8 Å². The third-order valence-electron chi connectivity index (χ3n) is 3.95. The summed E-state index contributed by atoms with van der Waals surface area (Å²) in [6, 6.07) is 10.6. The molecular weight excluding hydrogens is 238 g/mol. The van der Waals surface area contributed by atoms with E-state index >= 15 is 0 Å². The third-order valence-corrected chi connectivity index (χ3v) is 3.95. The maximum Gasteiger partial charge on any atom is 0.128 e. The Kier molecular flexibility index (Phi) is 3.96. The quantitative estimate of drug-likeness (QED) is 0.906. The first kappa shape index (κ1) is 13.7. The highest BCUT2D eigenvalue weighted by molar-refractivity contribution is 5.52. The lowest BCUT2D eigenvalue weighted by molar-refractivity contribution is 0.167. The highest BCUT2D eigenvalue weighted by Crippen LogP contribution is 2.30. The van der Waals surface area contributed by atoms with E-state index < -0.39 is 5.54 Å². The van der Waals surface area contributed by atoms with Gasteiger partial charge in [0.2, 0.25) is 0 Å². The van der Waals surface area contributed by atoms with E-state index in [2.05, 4.69) is 30.3 Å². The van der Waals surface area contributed by atoms with Crippen LogP contribution in [0.25, 0.3) is 0 Å². The second kappa shape index (κ2) is 5.50. The minimum Gasteiger partial charge on any atom is -0.497 e. The number of nitrogens with one attached hydrogen (secondary N) is 1. The summed E-state index contributed by atoms with van der Waals surface area (Å²) in [7, 11) is 3.76. The van der Waals surface area contributed by atoms with Gasteiger partial charge in [0.15, 0.2) is 0 Å². The molecule has 0 aromatic heterocycles. The number of nitriles is 1. The molecule has 2 atom stereocenters. The summed E-state index contributed by atoms with van der Waals surface area (Å²) in [5.74, 6) is 0.805. The summed E-state index contributed by atoms with van der Waals surface area (Å²) >= 11 is 0. The van der Waals surface area contributed by atoms with Gasteiger partial charge in [-0.3, -0.25) is 0 Å². The zero-order valence-corrected chi connectivity index (χ0v) is 11.8. The van der Waals surface area contributed by atoms with Crippen LogP contribution in [-0.2, 0) is 0 Å². The Labute approximate surface area is 115 Å². The summed E-state index contributed by atoms with van der Waals surface area (Å²) < 4.78 is 5.22. The van der Waals surface area contributed by atoms with Crippen molar-refractivity contribution in [3.05, 3.63) is 24.3 Å². The summed E-state index contributed by atoms with van der Waals surface area (Å²) in [4.78, 5) is 2.29. The SMILES string of the molecule is COc1cccc(NC2(C#N)CCN(C)C(C)C2)c1. The monoisotopic (exact) mass is 259 g/mol. The molecule has 4 heteroatoms. The lowest BCUT2D eigenvalue weighted by Gasteiger charge is -2.41. The van der Waals surface area contributed by atoms with E-state index in [0.29, 0.717) is 6.04 Å². The highest BCUT2D eigenvalue weighted by atomic mass is 16.5. The molecule has 0 amide bonds. The Bertz CT molecular complexity index is 483. The van der Waals surface area contributed by atoms with Crippen LogP contribution in [0.4, 0.5) is 5.69 Å². The van der Waals surface area contributed by atoms with Crippen LogP contribution < -0.4 is 10.1 Å². The number of ether oxygens (including phenoxy) is 1. The number of hydrogen-bond donors (Lipinski definition) is 1. The van der Waals surface area contributed by atoms with Crippen molar-refractivity contribution < 1.29 is 4.74 Å². The van der Waals surface area contributed by atoms with Gasteiger partial charge in [0.1, 0.15) is 11.3 Å². The van der Waals surface area contributed by atoms with Crippen molar-refractivity contribution in [2.24, 2.45) is 0 Å². The topological polar surface area (TPSA) is 48.3 Å². The van der Waals surface area contributed by atoms with Crippen LogP contribution >= 0.6 is 0 Å². The Morgan fingerprint density at radius 2 is 2.32 bits per heavy atom. The van der Waals surface area contributed by atoms with Gasteiger partial charge >= 0.3 is 0 Å². The fourth-order valence-corrected chi connectivity index (χ4v) is 2.57. The molecule has 0 aliphatic carbocycles. The van der Waals surface area contributed by atoms with E-state index in [1.807, 2.05) is 24.3 Å². The Hall–Kier alpha value is -1.73. The zero-order chi connectivity index (χ0) is 13.9. The largest absolute Gasteiger partial charge is 0.497 e. The number of methoxy groups -OCH3 is 1. The van der Waals surface area contributed by atoms with Crippen molar-refractivity contribution in [2.45, 2.75) is 31.3 Å². The van der Waals surface area contributed by atoms with Gasteiger partial charge in [-0.05, 0) is 38.9 Å². The maximum atomic E-state index is 9.57. The molecule has 0 radical (unpaired) electrons. The molecule has 19 heavy (non-hydrogen) atoms. The van der Waals surface area contributed by atoms with E-state index in [1.54, 1.807) is 7.11 Å². The molecule has 0 saturated carbocycles. The molecule has 4 nitrogen and oxygen atoms in total. The molecule has 1 aliphatic heterocycles. The average molecular weight is 259 g/mol. The molecule has 1 saturated heterocycles. The normalized spacial score (nSPS) is 27.6. The molecule has 1 heterocycles. The van der Waals surface area contributed by atoms with Gasteiger partial charge in [0, 0.05) is 24.3 Å². The van der Waals surface area contributed by atoms with E-state index in [0.717, 1.165) is 30.8 Å². The minimum atomic E-state index is -0.474. The van der Waals surface area contributed by atoms with Crippen molar-refractivity contribution in [3.8, 4) is 11.8 Å². The molecule has 1 aromatic carbocycles. The average Bonchev–Trinajstić information content (AvgIpc) is 2.43. The second-order valence-electron chi connectivity index (χ2n) is 5.33. The summed E-state index contributed by atoms with van der Waals surface area (Å²) in [6.07, 6.45) is 1.67. The summed E-state index contributed by atoms with van der Waals surface area (Å²) in [6.45, 7) is 3.10. The van der Waals surface area contributed by atoms with Crippen molar-refractivity contribution in [1.29, 1.82) is 5.26 Å². The molecule has 1 aromatic rings. The molecule has 2 unspecified atom stereocenters. The van der Waals surface area contributed by atoms with Crippen LogP contribution in [0.15, 0.2) is 24.3 Å². The molecule has 1 aliphatic rings. The van der Waals surface area contributed by atoms with Gasteiger partial charge in [-0.2, -0.15) is 5.26 Å². The van der Waals surface area contributed by atoms with Gasteiger partial charge in [-0.1, -0.05) is 6.07 Å². The van der Waals surface area contributed by atoms with Crippen molar-refractivity contribution in [3.63, 3.8) is 0 Å². The zero-order valence-electron chi connectivity index (χ0n) is 11.8. The molecule has 1 N–H and O–H groups in total. The number of benzene rings is 1. The third kappa shape index (κ3) is 2.99. The van der Waals surface area contributed by atoms with Crippen molar-refractivity contribution >= 4 is 5.69 Å².